The van der Waals surface area contributed by atoms with Crippen LogP contribution in [0.1, 0.15) is 42.9 Å². The summed E-state index contributed by atoms with van der Waals surface area (Å²) in [5.41, 5.74) is 1.26. The molecule has 1 aliphatic carbocycles. The number of aliphatic hydroxyl groups is 1. The monoisotopic (exact) mass is 263 g/mol. The third-order valence-corrected chi connectivity index (χ3v) is 4.56. The first-order valence-electron chi connectivity index (χ1n) is 7.16. The molecule has 2 unspecified atom stereocenters. The number of benzene rings is 1. The van der Waals surface area contributed by atoms with Crippen molar-refractivity contribution >= 4 is 0 Å². The summed E-state index contributed by atoms with van der Waals surface area (Å²) in [6.45, 7) is 6.49. The highest BCUT2D eigenvalue weighted by Gasteiger charge is 2.48. The van der Waals surface area contributed by atoms with E-state index in [9.17, 15) is 9.50 Å². The summed E-state index contributed by atoms with van der Waals surface area (Å²) in [5, 5.41) is 11.0. The summed E-state index contributed by atoms with van der Waals surface area (Å²) in [7, 11) is 0. The Morgan fingerprint density at radius 2 is 2.00 bits per heavy atom. The van der Waals surface area contributed by atoms with Crippen LogP contribution in [0.4, 0.5) is 4.39 Å². The molecule has 3 rings (SSSR count). The third-order valence-electron chi connectivity index (χ3n) is 4.56. The molecule has 1 saturated carbocycles. The van der Waals surface area contributed by atoms with Crippen molar-refractivity contribution in [3.05, 3.63) is 34.6 Å². The third kappa shape index (κ3) is 2.19. The molecule has 2 nitrogen and oxygen atoms in total. The van der Waals surface area contributed by atoms with Gasteiger partial charge in [-0.3, -0.25) is 4.90 Å². The van der Waals surface area contributed by atoms with E-state index >= 15 is 0 Å². The molecular formula is C16H22FNO. The van der Waals surface area contributed by atoms with E-state index < -0.39 is 5.60 Å². The molecule has 1 N–H and O–H groups in total. The van der Waals surface area contributed by atoms with E-state index in [0.29, 0.717) is 30.6 Å². The first-order chi connectivity index (χ1) is 8.90. The second kappa shape index (κ2) is 4.29. The molecule has 1 aliphatic heterocycles. The van der Waals surface area contributed by atoms with Crippen LogP contribution in [0.5, 0.6) is 0 Å². The molecular weight excluding hydrogens is 241 g/mol. The van der Waals surface area contributed by atoms with Crippen LogP contribution >= 0.6 is 0 Å². The Labute approximate surface area is 114 Å². The van der Waals surface area contributed by atoms with Crippen molar-refractivity contribution in [3.63, 3.8) is 0 Å². The number of nitrogens with zero attached hydrogens (tertiary/aromatic N) is 1. The van der Waals surface area contributed by atoms with Gasteiger partial charge < -0.3 is 5.11 Å². The Kier molecular flexibility index (Phi) is 2.95. The van der Waals surface area contributed by atoms with Crippen LogP contribution in [0, 0.1) is 19.7 Å². The summed E-state index contributed by atoms with van der Waals surface area (Å²) >= 11 is 0. The van der Waals surface area contributed by atoms with E-state index in [0.717, 1.165) is 11.1 Å². The van der Waals surface area contributed by atoms with Gasteiger partial charge >= 0.3 is 0 Å². The van der Waals surface area contributed by atoms with E-state index in [-0.39, 0.29) is 5.82 Å². The minimum atomic E-state index is -1.02. The first-order valence-corrected chi connectivity index (χ1v) is 7.16. The predicted octanol–water partition coefficient (Wildman–Crippen LogP) is 2.89. The van der Waals surface area contributed by atoms with Crippen LogP contribution in [-0.4, -0.2) is 28.6 Å². The van der Waals surface area contributed by atoms with E-state index in [2.05, 4.69) is 11.8 Å². The Morgan fingerprint density at radius 1 is 1.32 bits per heavy atom. The number of rotatable bonds is 2. The second-order valence-corrected chi connectivity index (χ2v) is 6.43. The lowest BCUT2D eigenvalue weighted by Crippen LogP contribution is -2.34. The number of hydrogen-bond donors (Lipinski definition) is 1. The molecule has 3 heteroatoms. The summed E-state index contributed by atoms with van der Waals surface area (Å²) in [6.07, 6.45) is 3.07. The van der Waals surface area contributed by atoms with Gasteiger partial charge in [0.1, 0.15) is 11.4 Å². The first kappa shape index (κ1) is 13.1. The average molecular weight is 263 g/mol. The maximum atomic E-state index is 14.3. The van der Waals surface area contributed by atoms with Crippen molar-refractivity contribution in [1.82, 2.24) is 4.90 Å². The highest BCUT2D eigenvalue weighted by atomic mass is 19.1. The molecule has 0 aromatic heterocycles. The van der Waals surface area contributed by atoms with Gasteiger partial charge in [-0.1, -0.05) is 6.07 Å². The van der Waals surface area contributed by atoms with Gasteiger partial charge in [0.15, 0.2) is 0 Å². The number of halogens is 1. The lowest BCUT2D eigenvalue weighted by atomic mass is 9.87. The minimum absolute atomic E-state index is 0.259. The quantitative estimate of drug-likeness (QED) is 0.887. The fraction of sp³-hybridized carbons (Fsp3) is 0.625. The van der Waals surface area contributed by atoms with Gasteiger partial charge in [-0.15, -0.1) is 0 Å². The Balaban J connectivity index is 1.97. The summed E-state index contributed by atoms with van der Waals surface area (Å²) < 4.78 is 14.3. The molecule has 2 atom stereocenters. The van der Waals surface area contributed by atoms with Gasteiger partial charge in [0.05, 0.1) is 0 Å². The van der Waals surface area contributed by atoms with E-state index in [1.165, 1.54) is 18.9 Å². The number of aryl methyl sites for hydroxylation is 2. The fourth-order valence-corrected chi connectivity index (χ4v) is 3.71. The van der Waals surface area contributed by atoms with Crippen molar-refractivity contribution in [2.24, 2.45) is 0 Å². The number of β-amino-alcohol motifs (C(OH)–C–C–N with tert-alkyl or cyclic N) is 1. The maximum Gasteiger partial charge on any atom is 0.129 e. The van der Waals surface area contributed by atoms with Crippen LogP contribution in [0.25, 0.3) is 0 Å². The molecule has 0 bridgehead atoms. The van der Waals surface area contributed by atoms with Gasteiger partial charge in [0.2, 0.25) is 0 Å². The standard InChI is InChI=1S/C16H22FNO/c1-10-6-11(2)15(14(17)7-10)16(19)8-12(3)18(9-16)13-4-5-13/h6-7,12-13,19H,4-5,8-9H2,1-3H3. The van der Waals surface area contributed by atoms with Crippen molar-refractivity contribution in [3.8, 4) is 0 Å². The van der Waals surface area contributed by atoms with Crippen LogP contribution in [-0.2, 0) is 5.60 Å². The molecule has 1 aromatic carbocycles. The van der Waals surface area contributed by atoms with E-state index in [1.54, 1.807) is 0 Å². The van der Waals surface area contributed by atoms with Crippen LogP contribution < -0.4 is 0 Å². The fourth-order valence-electron chi connectivity index (χ4n) is 3.71. The second-order valence-electron chi connectivity index (χ2n) is 6.43. The smallest absolute Gasteiger partial charge is 0.129 e. The molecule has 19 heavy (non-hydrogen) atoms. The normalized spacial score (nSPS) is 31.9. The van der Waals surface area contributed by atoms with Gasteiger partial charge in [-0.2, -0.15) is 0 Å². The molecule has 104 valence electrons. The predicted molar refractivity (Wildman–Crippen MR) is 73.6 cm³/mol. The topological polar surface area (TPSA) is 23.5 Å². The summed E-state index contributed by atoms with van der Waals surface area (Å²) in [4.78, 5) is 2.35. The largest absolute Gasteiger partial charge is 0.384 e. The van der Waals surface area contributed by atoms with Gasteiger partial charge in [0.25, 0.3) is 0 Å². The Bertz CT molecular complexity index is 488. The van der Waals surface area contributed by atoms with Crippen LogP contribution in [0.2, 0.25) is 0 Å². The molecule has 0 spiro atoms. The van der Waals surface area contributed by atoms with Crippen LogP contribution in [0.3, 0.4) is 0 Å². The highest BCUT2D eigenvalue weighted by Crippen LogP contribution is 2.43. The van der Waals surface area contributed by atoms with Crippen LogP contribution in [0.15, 0.2) is 12.1 Å². The molecule has 2 fully saturated rings. The van der Waals surface area contributed by atoms with Crippen molar-refractivity contribution < 1.29 is 9.50 Å². The van der Waals surface area contributed by atoms with Crippen molar-refractivity contribution in [1.29, 1.82) is 0 Å². The minimum Gasteiger partial charge on any atom is -0.384 e. The summed E-state index contributed by atoms with van der Waals surface area (Å²) in [5.74, 6) is -0.259. The van der Waals surface area contributed by atoms with Gasteiger partial charge in [0, 0.05) is 24.2 Å². The summed E-state index contributed by atoms with van der Waals surface area (Å²) in [6, 6.07) is 4.43. The van der Waals surface area contributed by atoms with E-state index in [1.807, 2.05) is 19.9 Å². The molecule has 1 saturated heterocycles. The zero-order chi connectivity index (χ0) is 13.8. The maximum absolute atomic E-state index is 14.3. The zero-order valence-electron chi connectivity index (χ0n) is 11.9. The van der Waals surface area contributed by atoms with Crippen molar-refractivity contribution in [2.45, 2.75) is 57.7 Å². The van der Waals surface area contributed by atoms with E-state index in [4.69, 9.17) is 0 Å². The number of hydrogen-bond acceptors (Lipinski definition) is 2. The molecule has 1 aromatic rings. The zero-order valence-corrected chi connectivity index (χ0v) is 11.9. The SMILES string of the molecule is Cc1cc(C)c(C2(O)CC(C)N(C3CC3)C2)c(F)c1. The highest BCUT2D eigenvalue weighted by molar-refractivity contribution is 5.37. The molecule has 0 radical (unpaired) electrons. The average Bonchev–Trinajstić information content (AvgIpc) is 3.03. The molecule has 1 heterocycles. The Hall–Kier alpha value is -0.930. The van der Waals surface area contributed by atoms with Gasteiger partial charge in [-0.05, 0) is 57.2 Å². The lowest BCUT2D eigenvalue weighted by Gasteiger charge is -2.26. The van der Waals surface area contributed by atoms with Gasteiger partial charge in [-0.25, -0.2) is 4.39 Å². The molecule has 2 aliphatic rings. The van der Waals surface area contributed by atoms with Crippen molar-refractivity contribution in [2.75, 3.05) is 6.54 Å². The Morgan fingerprint density at radius 3 is 2.58 bits per heavy atom. The lowest BCUT2D eigenvalue weighted by molar-refractivity contribution is 0.0409. The molecule has 0 amide bonds. The number of likely N-dealkylation sites (tertiary alicyclic amines) is 1.